The predicted molar refractivity (Wildman–Crippen MR) is 71.1 cm³/mol. The summed E-state index contributed by atoms with van der Waals surface area (Å²) in [5.41, 5.74) is 2.17. The molecule has 0 spiro atoms. The fourth-order valence-electron chi connectivity index (χ4n) is 4.09. The molecule has 1 aromatic carbocycles. The van der Waals surface area contributed by atoms with E-state index in [0.29, 0.717) is 6.04 Å². The molecular formula is C15H21NO2. The quantitative estimate of drug-likeness (QED) is 0.692. The van der Waals surface area contributed by atoms with Crippen molar-refractivity contribution in [2.75, 3.05) is 13.6 Å². The summed E-state index contributed by atoms with van der Waals surface area (Å²) in [5.74, 6) is 0.124. The summed E-state index contributed by atoms with van der Waals surface area (Å²) < 4.78 is 0. The Kier molecular flexibility index (Phi) is 2.56. The first-order valence-corrected chi connectivity index (χ1v) is 6.78. The van der Waals surface area contributed by atoms with Gasteiger partial charge >= 0.3 is 0 Å². The number of nitrogens with zero attached hydrogens (tertiary/aromatic N) is 1. The van der Waals surface area contributed by atoms with Crippen molar-refractivity contribution in [2.24, 2.45) is 0 Å². The van der Waals surface area contributed by atoms with E-state index in [4.69, 9.17) is 0 Å². The first-order valence-electron chi connectivity index (χ1n) is 6.78. The lowest BCUT2D eigenvalue weighted by molar-refractivity contribution is 0.0831. The van der Waals surface area contributed by atoms with Gasteiger partial charge in [-0.1, -0.05) is 13.0 Å². The molecule has 3 heteroatoms. The minimum atomic E-state index is -0.0244. The van der Waals surface area contributed by atoms with Crippen molar-refractivity contribution in [1.29, 1.82) is 0 Å². The van der Waals surface area contributed by atoms with E-state index in [1.165, 1.54) is 5.56 Å². The maximum absolute atomic E-state index is 10.3. The lowest BCUT2D eigenvalue weighted by Crippen LogP contribution is -2.54. The van der Waals surface area contributed by atoms with Crippen LogP contribution in [-0.4, -0.2) is 34.7 Å². The number of hydrogen-bond donors (Lipinski definition) is 2. The standard InChI is InChI=1S/C15H21NO2/c1-15-8-3-9-16(2)12(15)7-5-10-4-6-11(17)14(18)13(10)15/h4,6,12,17-18H,3,5,7-9H2,1-2H3. The zero-order valence-electron chi connectivity index (χ0n) is 11.1. The van der Waals surface area contributed by atoms with E-state index in [0.717, 1.165) is 37.8 Å². The number of aryl methyl sites for hydroxylation is 1. The molecule has 2 aliphatic rings. The van der Waals surface area contributed by atoms with Gasteiger partial charge < -0.3 is 15.1 Å². The SMILES string of the molecule is CN1CCCC2(C)c3c(ccc(O)c3O)CCC12. The van der Waals surface area contributed by atoms with Crippen LogP contribution in [0.25, 0.3) is 0 Å². The molecule has 3 rings (SSSR count). The van der Waals surface area contributed by atoms with Crippen molar-refractivity contribution in [2.45, 2.75) is 44.1 Å². The second kappa shape index (κ2) is 3.89. The molecule has 3 nitrogen and oxygen atoms in total. The van der Waals surface area contributed by atoms with Crippen LogP contribution in [0.15, 0.2) is 12.1 Å². The van der Waals surface area contributed by atoms with Crippen molar-refractivity contribution in [3.63, 3.8) is 0 Å². The van der Waals surface area contributed by atoms with Gasteiger partial charge in [0.05, 0.1) is 0 Å². The van der Waals surface area contributed by atoms with Crippen LogP contribution in [0.4, 0.5) is 0 Å². The zero-order valence-corrected chi connectivity index (χ0v) is 11.1. The molecule has 0 aromatic heterocycles. The first kappa shape index (κ1) is 11.8. The Hall–Kier alpha value is -1.22. The second-order valence-corrected chi connectivity index (χ2v) is 6.02. The van der Waals surface area contributed by atoms with Crippen molar-refractivity contribution in [3.8, 4) is 11.5 Å². The Morgan fingerprint density at radius 1 is 1.33 bits per heavy atom. The van der Waals surface area contributed by atoms with Crippen LogP contribution in [0.2, 0.25) is 0 Å². The normalized spacial score (nSPS) is 31.8. The number of likely N-dealkylation sites (N-methyl/N-ethyl adjacent to an activating group) is 1. The molecule has 0 radical (unpaired) electrons. The van der Waals surface area contributed by atoms with Crippen LogP contribution in [0, 0.1) is 0 Å². The first-order chi connectivity index (χ1) is 8.54. The molecule has 1 heterocycles. The molecule has 1 aliphatic heterocycles. The van der Waals surface area contributed by atoms with Crippen molar-refractivity contribution in [1.82, 2.24) is 4.90 Å². The number of phenols is 2. The lowest BCUT2D eigenvalue weighted by atomic mass is 9.63. The van der Waals surface area contributed by atoms with Gasteiger partial charge in [-0.3, -0.25) is 0 Å². The van der Waals surface area contributed by atoms with E-state index in [-0.39, 0.29) is 16.9 Å². The average molecular weight is 247 g/mol. The van der Waals surface area contributed by atoms with Crippen molar-refractivity contribution >= 4 is 0 Å². The Labute approximate surface area is 108 Å². The number of piperidine rings is 1. The molecule has 1 fully saturated rings. The number of likely N-dealkylation sites (tertiary alicyclic amines) is 1. The smallest absolute Gasteiger partial charge is 0.161 e. The van der Waals surface area contributed by atoms with Gasteiger partial charge in [0.25, 0.3) is 0 Å². The van der Waals surface area contributed by atoms with E-state index >= 15 is 0 Å². The molecule has 1 saturated heterocycles. The van der Waals surface area contributed by atoms with E-state index in [9.17, 15) is 10.2 Å². The number of hydrogen-bond acceptors (Lipinski definition) is 3. The molecule has 2 unspecified atom stereocenters. The highest BCUT2D eigenvalue weighted by atomic mass is 16.3. The van der Waals surface area contributed by atoms with Crippen LogP contribution in [0.5, 0.6) is 11.5 Å². The van der Waals surface area contributed by atoms with Crippen LogP contribution in [0.3, 0.4) is 0 Å². The third kappa shape index (κ3) is 1.46. The van der Waals surface area contributed by atoms with Gasteiger partial charge in [0.1, 0.15) is 0 Å². The Balaban J connectivity index is 2.18. The second-order valence-electron chi connectivity index (χ2n) is 6.02. The fourth-order valence-corrected chi connectivity index (χ4v) is 4.09. The van der Waals surface area contributed by atoms with Gasteiger partial charge in [-0.25, -0.2) is 0 Å². The van der Waals surface area contributed by atoms with Crippen molar-refractivity contribution < 1.29 is 10.2 Å². The minimum Gasteiger partial charge on any atom is -0.504 e. The lowest BCUT2D eigenvalue weighted by Gasteiger charge is -2.51. The van der Waals surface area contributed by atoms with Gasteiger partial charge in [0, 0.05) is 17.0 Å². The van der Waals surface area contributed by atoms with Gasteiger partial charge in [0.2, 0.25) is 0 Å². The number of rotatable bonds is 0. The molecule has 2 atom stereocenters. The Morgan fingerprint density at radius 2 is 2.11 bits per heavy atom. The molecule has 1 aromatic rings. The average Bonchev–Trinajstić information content (AvgIpc) is 2.33. The molecule has 18 heavy (non-hydrogen) atoms. The van der Waals surface area contributed by atoms with Gasteiger partial charge in [0.15, 0.2) is 11.5 Å². The fraction of sp³-hybridized carbons (Fsp3) is 0.600. The highest BCUT2D eigenvalue weighted by Crippen LogP contribution is 2.50. The summed E-state index contributed by atoms with van der Waals surface area (Å²) in [6.07, 6.45) is 4.38. The van der Waals surface area contributed by atoms with E-state index in [1.807, 2.05) is 6.07 Å². The van der Waals surface area contributed by atoms with Crippen LogP contribution in [0.1, 0.15) is 37.3 Å². The van der Waals surface area contributed by atoms with Crippen molar-refractivity contribution in [3.05, 3.63) is 23.3 Å². The maximum atomic E-state index is 10.3. The van der Waals surface area contributed by atoms with E-state index in [2.05, 4.69) is 18.9 Å². The Morgan fingerprint density at radius 3 is 2.89 bits per heavy atom. The summed E-state index contributed by atoms with van der Waals surface area (Å²) in [6.45, 7) is 3.37. The molecule has 0 saturated carbocycles. The van der Waals surface area contributed by atoms with Gasteiger partial charge in [-0.05, 0) is 50.9 Å². The molecule has 1 aliphatic carbocycles. The molecule has 98 valence electrons. The molecule has 0 bridgehead atoms. The van der Waals surface area contributed by atoms with Gasteiger partial charge in [-0.15, -0.1) is 0 Å². The number of fused-ring (bicyclic) bond motifs is 3. The molecular weight excluding hydrogens is 226 g/mol. The number of aromatic hydroxyl groups is 2. The highest BCUT2D eigenvalue weighted by Gasteiger charge is 2.46. The maximum Gasteiger partial charge on any atom is 0.161 e. The Bertz CT molecular complexity index is 486. The van der Waals surface area contributed by atoms with Crippen LogP contribution < -0.4 is 0 Å². The third-order valence-corrected chi connectivity index (χ3v) is 4.98. The zero-order chi connectivity index (χ0) is 12.9. The monoisotopic (exact) mass is 247 g/mol. The largest absolute Gasteiger partial charge is 0.504 e. The van der Waals surface area contributed by atoms with Crippen LogP contribution in [-0.2, 0) is 11.8 Å². The summed E-state index contributed by atoms with van der Waals surface area (Å²) >= 11 is 0. The number of phenolic OH excluding ortho intramolecular Hbond substituents is 2. The molecule has 0 amide bonds. The number of benzene rings is 1. The highest BCUT2D eigenvalue weighted by molar-refractivity contribution is 5.54. The minimum absolute atomic E-state index is 0.0175. The van der Waals surface area contributed by atoms with Gasteiger partial charge in [-0.2, -0.15) is 0 Å². The summed E-state index contributed by atoms with van der Waals surface area (Å²) in [4.78, 5) is 2.41. The van der Waals surface area contributed by atoms with E-state index in [1.54, 1.807) is 6.07 Å². The molecule has 2 N–H and O–H groups in total. The summed E-state index contributed by atoms with van der Waals surface area (Å²) in [7, 11) is 2.17. The van der Waals surface area contributed by atoms with Crippen LogP contribution >= 0.6 is 0 Å². The summed E-state index contributed by atoms with van der Waals surface area (Å²) in [6, 6.07) is 4.07. The summed E-state index contributed by atoms with van der Waals surface area (Å²) in [5, 5.41) is 20.0. The third-order valence-electron chi connectivity index (χ3n) is 4.98. The topological polar surface area (TPSA) is 43.7 Å². The van der Waals surface area contributed by atoms with E-state index < -0.39 is 0 Å². The predicted octanol–water partition coefficient (Wildman–Crippen LogP) is 2.40.